The third kappa shape index (κ3) is 3.70. The van der Waals surface area contributed by atoms with Crippen LogP contribution < -0.4 is 5.32 Å². The lowest BCUT2D eigenvalue weighted by Crippen LogP contribution is -2.51. The van der Waals surface area contributed by atoms with Crippen molar-refractivity contribution in [3.05, 3.63) is 71.4 Å². The highest BCUT2D eigenvalue weighted by Crippen LogP contribution is 2.41. The van der Waals surface area contributed by atoms with Crippen LogP contribution >= 0.6 is 11.6 Å². The second kappa shape index (κ2) is 8.36. The fourth-order valence-corrected chi connectivity index (χ4v) is 6.46. The molecule has 0 atom stereocenters. The highest BCUT2D eigenvalue weighted by atomic mass is 35.5. The van der Waals surface area contributed by atoms with Gasteiger partial charge in [-0.15, -0.1) is 0 Å². The lowest BCUT2D eigenvalue weighted by Gasteiger charge is -2.27. The molecule has 1 saturated carbocycles. The summed E-state index contributed by atoms with van der Waals surface area (Å²) >= 11 is 5.91. The van der Waals surface area contributed by atoms with Gasteiger partial charge in [-0.05, 0) is 55.2 Å². The quantitative estimate of drug-likeness (QED) is 0.616. The topological polar surface area (TPSA) is 76.1 Å². The molecule has 0 spiro atoms. The SMILES string of the molecule is O=C(NCCc1cccc2cccnc12)C1(S(=O)(=O)c2ccc(Cl)cc2)CCCC1. The van der Waals surface area contributed by atoms with E-state index < -0.39 is 20.5 Å². The Kier molecular flexibility index (Phi) is 5.80. The number of halogens is 1. The van der Waals surface area contributed by atoms with Crippen molar-refractivity contribution in [2.24, 2.45) is 0 Å². The number of benzene rings is 2. The first kappa shape index (κ1) is 20.8. The molecular weight excluding hydrogens is 420 g/mol. The van der Waals surface area contributed by atoms with E-state index in [4.69, 9.17) is 11.6 Å². The first-order valence-corrected chi connectivity index (χ1v) is 11.9. The van der Waals surface area contributed by atoms with Gasteiger partial charge in [0.2, 0.25) is 5.91 Å². The van der Waals surface area contributed by atoms with Gasteiger partial charge in [-0.1, -0.05) is 48.7 Å². The summed E-state index contributed by atoms with van der Waals surface area (Å²) in [6.07, 6.45) is 4.42. The van der Waals surface area contributed by atoms with Crippen molar-refractivity contribution in [3.63, 3.8) is 0 Å². The van der Waals surface area contributed by atoms with Gasteiger partial charge in [0.15, 0.2) is 14.6 Å². The molecule has 156 valence electrons. The number of carbonyl (C=O) groups excluding carboxylic acids is 1. The van der Waals surface area contributed by atoms with Crippen molar-refractivity contribution in [1.29, 1.82) is 0 Å². The zero-order valence-corrected chi connectivity index (χ0v) is 18.0. The Balaban J connectivity index is 1.53. The molecule has 0 unspecified atom stereocenters. The van der Waals surface area contributed by atoms with Crippen LogP contribution in [0.3, 0.4) is 0 Å². The van der Waals surface area contributed by atoms with Crippen molar-refractivity contribution < 1.29 is 13.2 Å². The molecule has 5 nitrogen and oxygen atoms in total. The van der Waals surface area contributed by atoms with Crippen molar-refractivity contribution in [1.82, 2.24) is 10.3 Å². The number of carbonyl (C=O) groups is 1. The maximum absolute atomic E-state index is 13.4. The normalized spacial score (nSPS) is 15.9. The lowest BCUT2D eigenvalue weighted by molar-refractivity contribution is -0.123. The molecule has 0 aliphatic heterocycles. The third-order valence-electron chi connectivity index (χ3n) is 5.86. The minimum atomic E-state index is -3.83. The Morgan fingerprint density at radius 1 is 1.03 bits per heavy atom. The molecule has 1 aliphatic carbocycles. The molecule has 0 saturated heterocycles. The Morgan fingerprint density at radius 3 is 2.47 bits per heavy atom. The van der Waals surface area contributed by atoms with Crippen LogP contribution in [-0.4, -0.2) is 30.6 Å². The lowest BCUT2D eigenvalue weighted by atomic mass is 10.1. The number of amides is 1. The number of nitrogens with zero attached hydrogens (tertiary/aromatic N) is 1. The third-order valence-corrected chi connectivity index (χ3v) is 8.63. The summed E-state index contributed by atoms with van der Waals surface area (Å²) in [6.45, 7) is 0.354. The van der Waals surface area contributed by atoms with Crippen molar-refractivity contribution in [3.8, 4) is 0 Å². The van der Waals surface area contributed by atoms with Gasteiger partial charge in [0, 0.05) is 23.2 Å². The Hall–Kier alpha value is -2.44. The van der Waals surface area contributed by atoms with E-state index in [0.717, 1.165) is 16.5 Å². The Labute approximate surface area is 181 Å². The van der Waals surface area contributed by atoms with E-state index in [0.29, 0.717) is 43.7 Å². The second-order valence-corrected chi connectivity index (χ2v) is 10.4. The zero-order chi connectivity index (χ0) is 21.2. The number of para-hydroxylation sites is 1. The molecular formula is C23H23ClN2O3S. The van der Waals surface area contributed by atoms with E-state index in [1.165, 1.54) is 12.1 Å². The molecule has 0 radical (unpaired) electrons. The first-order valence-electron chi connectivity index (χ1n) is 10.1. The second-order valence-electron chi connectivity index (χ2n) is 7.66. The van der Waals surface area contributed by atoms with Crippen molar-refractivity contribution in [2.45, 2.75) is 41.7 Å². The average molecular weight is 443 g/mol. The van der Waals surface area contributed by atoms with Gasteiger partial charge in [-0.25, -0.2) is 8.42 Å². The Morgan fingerprint density at radius 2 is 1.73 bits per heavy atom. The number of rotatable bonds is 6. The molecule has 1 N–H and O–H groups in total. The van der Waals surface area contributed by atoms with Gasteiger partial charge < -0.3 is 5.32 Å². The van der Waals surface area contributed by atoms with Gasteiger partial charge in [-0.2, -0.15) is 0 Å². The molecule has 1 aliphatic rings. The minimum Gasteiger partial charge on any atom is -0.354 e. The predicted octanol–water partition coefficient (Wildman–Crippen LogP) is 4.33. The summed E-state index contributed by atoms with van der Waals surface area (Å²) in [5.41, 5.74) is 1.92. The van der Waals surface area contributed by atoms with Crippen LogP contribution in [0.2, 0.25) is 5.02 Å². The van der Waals surface area contributed by atoms with Crippen LogP contribution in [-0.2, 0) is 21.1 Å². The monoisotopic (exact) mass is 442 g/mol. The van der Waals surface area contributed by atoms with E-state index in [1.54, 1.807) is 18.3 Å². The molecule has 1 aromatic heterocycles. The smallest absolute Gasteiger partial charge is 0.241 e. The molecule has 4 rings (SSSR count). The van der Waals surface area contributed by atoms with E-state index in [1.807, 2.05) is 30.3 Å². The largest absolute Gasteiger partial charge is 0.354 e. The molecule has 1 heterocycles. The predicted molar refractivity (Wildman–Crippen MR) is 118 cm³/mol. The summed E-state index contributed by atoms with van der Waals surface area (Å²) < 4.78 is 25.4. The van der Waals surface area contributed by atoms with Crippen LogP contribution in [0.25, 0.3) is 10.9 Å². The highest BCUT2D eigenvalue weighted by molar-refractivity contribution is 7.93. The van der Waals surface area contributed by atoms with Gasteiger partial charge in [0.25, 0.3) is 0 Å². The van der Waals surface area contributed by atoms with Gasteiger partial charge in [0.1, 0.15) is 0 Å². The molecule has 3 aromatic rings. The average Bonchev–Trinajstić information content (AvgIpc) is 3.26. The summed E-state index contributed by atoms with van der Waals surface area (Å²) in [7, 11) is -3.83. The number of aromatic nitrogens is 1. The first-order chi connectivity index (χ1) is 14.4. The number of nitrogens with one attached hydrogen (secondary N) is 1. The van der Waals surface area contributed by atoms with E-state index in [-0.39, 0.29) is 4.90 Å². The molecule has 0 bridgehead atoms. The zero-order valence-electron chi connectivity index (χ0n) is 16.5. The van der Waals surface area contributed by atoms with Crippen molar-refractivity contribution in [2.75, 3.05) is 6.54 Å². The summed E-state index contributed by atoms with van der Waals surface area (Å²) in [6, 6.07) is 15.9. The number of fused-ring (bicyclic) bond motifs is 1. The molecule has 2 aromatic carbocycles. The van der Waals surface area contributed by atoms with E-state index in [2.05, 4.69) is 10.3 Å². The minimum absolute atomic E-state index is 0.141. The summed E-state index contributed by atoms with van der Waals surface area (Å²) in [5.74, 6) is -0.414. The van der Waals surface area contributed by atoms with Crippen LogP contribution in [0.5, 0.6) is 0 Å². The number of hydrogen-bond donors (Lipinski definition) is 1. The molecule has 1 amide bonds. The van der Waals surface area contributed by atoms with E-state index in [9.17, 15) is 13.2 Å². The fourth-order valence-electron chi connectivity index (χ4n) is 4.24. The van der Waals surface area contributed by atoms with Crippen molar-refractivity contribution >= 4 is 38.2 Å². The maximum Gasteiger partial charge on any atom is 0.241 e. The number of sulfone groups is 1. The Bertz CT molecular complexity index is 1170. The van der Waals surface area contributed by atoms with Gasteiger partial charge in [0.05, 0.1) is 10.4 Å². The van der Waals surface area contributed by atoms with Crippen LogP contribution in [0.4, 0.5) is 0 Å². The van der Waals surface area contributed by atoms with Gasteiger partial charge in [-0.3, -0.25) is 9.78 Å². The summed E-state index contributed by atoms with van der Waals surface area (Å²) in [4.78, 5) is 17.8. The summed E-state index contributed by atoms with van der Waals surface area (Å²) in [5, 5.41) is 4.40. The molecule has 7 heteroatoms. The van der Waals surface area contributed by atoms with Crippen LogP contribution in [0.15, 0.2) is 65.7 Å². The van der Waals surface area contributed by atoms with Gasteiger partial charge >= 0.3 is 0 Å². The number of hydrogen-bond acceptors (Lipinski definition) is 4. The highest BCUT2D eigenvalue weighted by Gasteiger charge is 2.52. The molecule has 30 heavy (non-hydrogen) atoms. The maximum atomic E-state index is 13.4. The standard InChI is InChI=1S/C23H23ClN2O3S/c24-19-8-10-20(11-9-19)30(28,29)23(13-1-2-14-23)22(27)26-16-12-18-6-3-5-17-7-4-15-25-21(17)18/h3-11,15H,1-2,12-14,16H2,(H,26,27). The molecule has 1 fully saturated rings. The number of pyridine rings is 1. The fraction of sp³-hybridized carbons (Fsp3) is 0.304. The van der Waals surface area contributed by atoms with Crippen LogP contribution in [0.1, 0.15) is 31.2 Å². The van der Waals surface area contributed by atoms with E-state index >= 15 is 0 Å². The van der Waals surface area contributed by atoms with Crippen LogP contribution in [0, 0.1) is 0 Å².